The Kier molecular flexibility index (Phi) is 10.6. The van der Waals surface area contributed by atoms with Crippen LogP contribution in [0, 0.1) is 57.2 Å². The first kappa shape index (κ1) is 42.7. The second-order valence-electron chi connectivity index (χ2n) is 20.4. The van der Waals surface area contributed by atoms with Gasteiger partial charge in [-0.3, -0.25) is 14.4 Å². The first-order valence-corrected chi connectivity index (χ1v) is 22.0. The number of ketones is 1. The molecule has 0 bridgehead atoms. The molecule has 1 aromatic heterocycles. The Hall–Kier alpha value is -4.93. The summed E-state index contributed by atoms with van der Waals surface area (Å²) in [6, 6.07) is 19.1. The minimum absolute atomic E-state index is 0.00312. The van der Waals surface area contributed by atoms with E-state index in [9.17, 15) is 19.2 Å². The van der Waals surface area contributed by atoms with E-state index < -0.39 is 57.6 Å². The number of hydrogen-bond acceptors (Lipinski definition) is 10. The second kappa shape index (κ2) is 15.2. The molecule has 11 heteroatoms. The van der Waals surface area contributed by atoms with Gasteiger partial charge in [-0.1, -0.05) is 93.9 Å². The van der Waals surface area contributed by atoms with Crippen molar-refractivity contribution in [2.45, 2.75) is 125 Å². The number of fused-ring (bicyclic) bond motifs is 7. The van der Waals surface area contributed by atoms with Crippen molar-refractivity contribution in [3.63, 3.8) is 0 Å². The molecule has 326 valence electrons. The maximum absolute atomic E-state index is 15.2. The predicted molar refractivity (Wildman–Crippen MR) is 226 cm³/mol. The number of esters is 2. The first-order chi connectivity index (χ1) is 28.8. The van der Waals surface area contributed by atoms with E-state index in [2.05, 4.69) is 39.9 Å². The van der Waals surface area contributed by atoms with E-state index in [1.165, 1.54) is 7.11 Å². The molecule has 0 saturated heterocycles. The molecule has 0 aliphatic heterocycles. The Balaban J connectivity index is 1.12. The lowest BCUT2D eigenvalue weighted by Crippen LogP contribution is -2.69. The predicted octanol–water partition coefficient (Wildman–Crippen LogP) is 9.60. The van der Waals surface area contributed by atoms with E-state index in [1.807, 2.05) is 73.7 Å². The summed E-state index contributed by atoms with van der Waals surface area (Å²) < 4.78 is 27.6. The summed E-state index contributed by atoms with van der Waals surface area (Å²) in [5, 5.41) is 2.94. The summed E-state index contributed by atoms with van der Waals surface area (Å²) in [5.74, 6) is -1.98. The molecule has 2 aromatic carbocycles. The molecule has 0 radical (unpaired) electrons. The van der Waals surface area contributed by atoms with Gasteiger partial charge in [-0.25, -0.2) is 9.59 Å². The second-order valence-corrected chi connectivity index (χ2v) is 20.4. The molecule has 1 heterocycles. The highest BCUT2D eigenvalue weighted by molar-refractivity contribution is 5.96. The van der Waals surface area contributed by atoms with Gasteiger partial charge in [0.1, 0.15) is 0 Å². The van der Waals surface area contributed by atoms with Crippen LogP contribution in [0.2, 0.25) is 0 Å². The summed E-state index contributed by atoms with van der Waals surface area (Å²) in [5.41, 5.74) is -0.538. The number of aryl methyl sites for hydroxylation is 1. The number of carbonyl (C=O) groups is 4. The van der Waals surface area contributed by atoms with Gasteiger partial charge in [0.25, 0.3) is 0 Å². The summed E-state index contributed by atoms with van der Waals surface area (Å²) in [7, 11) is 1.29. The zero-order valence-electron chi connectivity index (χ0n) is 36.9. The molecule has 5 aliphatic rings. The summed E-state index contributed by atoms with van der Waals surface area (Å²) in [6.45, 7) is 14.3. The first-order valence-electron chi connectivity index (χ1n) is 22.0. The summed E-state index contributed by atoms with van der Waals surface area (Å²) in [6.07, 6.45) is 7.13. The summed E-state index contributed by atoms with van der Waals surface area (Å²) in [4.78, 5) is 68.9. The van der Waals surface area contributed by atoms with Crippen LogP contribution in [-0.2, 0) is 35.2 Å². The molecule has 61 heavy (non-hydrogen) atoms. The van der Waals surface area contributed by atoms with Crippen LogP contribution in [0.4, 0.5) is 4.79 Å². The van der Waals surface area contributed by atoms with Crippen LogP contribution in [0.1, 0.15) is 128 Å². The average Bonchev–Trinajstić information content (AvgIpc) is 3.57. The Morgan fingerprint density at radius 3 is 2.05 bits per heavy atom. The van der Waals surface area contributed by atoms with Crippen molar-refractivity contribution >= 4 is 23.8 Å². The number of methoxy groups -OCH3 is 1. The SMILES string of the molecule is COC(=O)N[C@H]1CC[C@@]2(C)C(CC[C@]3(C)C2C(=O)C=C2[C@@H]4C[C@@](C)(C(=O)OC(c5ccccc5)c5ccccc5)CC[C@]4(C)CC[C@]23C)[C@]1(C)C(=O)OCc1oc(=O)oc1C. The largest absolute Gasteiger partial charge is 0.519 e. The van der Waals surface area contributed by atoms with Crippen LogP contribution < -0.4 is 11.1 Å². The van der Waals surface area contributed by atoms with Crippen LogP contribution in [0.3, 0.4) is 0 Å². The van der Waals surface area contributed by atoms with Crippen LogP contribution in [0.25, 0.3) is 0 Å². The van der Waals surface area contributed by atoms with Crippen LogP contribution in [0.15, 0.2) is 85.9 Å². The fourth-order valence-corrected chi connectivity index (χ4v) is 13.4. The fourth-order valence-electron chi connectivity index (χ4n) is 13.4. The zero-order chi connectivity index (χ0) is 43.8. The third kappa shape index (κ3) is 6.71. The van der Waals surface area contributed by atoms with Crippen LogP contribution in [0.5, 0.6) is 0 Å². The van der Waals surface area contributed by atoms with Crippen LogP contribution >= 0.6 is 0 Å². The van der Waals surface area contributed by atoms with E-state index >= 15 is 4.79 Å². The zero-order valence-corrected chi connectivity index (χ0v) is 36.9. The molecular formula is C50H61NO10. The lowest BCUT2D eigenvalue weighted by atomic mass is 9.33. The maximum atomic E-state index is 15.2. The van der Waals surface area contributed by atoms with Crippen molar-refractivity contribution in [3.05, 3.63) is 106 Å². The molecule has 8 rings (SSSR count). The lowest BCUT2D eigenvalue weighted by molar-refractivity contribution is -0.205. The van der Waals surface area contributed by atoms with Crippen molar-refractivity contribution in [3.8, 4) is 0 Å². The van der Waals surface area contributed by atoms with Crippen molar-refractivity contribution in [1.29, 1.82) is 0 Å². The molecule has 4 saturated carbocycles. The summed E-state index contributed by atoms with van der Waals surface area (Å²) >= 11 is 0. The molecule has 10 atom stereocenters. The Labute approximate surface area is 358 Å². The van der Waals surface area contributed by atoms with Gasteiger partial charge in [0.15, 0.2) is 30.0 Å². The highest BCUT2D eigenvalue weighted by atomic mass is 16.6. The number of rotatable bonds is 8. The maximum Gasteiger partial charge on any atom is 0.519 e. The standard InChI is InChI=1S/C50H61NO10/c1-30-36(60-44(56)59-30)29-58-42(54)50(7)37-19-22-49(6)40(47(37,4)21-20-38(50)51-43(55)57-8)35(52)27-33-34-28-46(3,24-23-45(34,2)25-26-48(33,49)5)41(53)61-39(31-15-11-9-12-16-31)32-17-13-10-14-18-32/h9-18,27,34,37-40H,19-26,28-29H2,1-8H3,(H,51,55)/t34-,37?,38-,40?,45+,46-,47-,48+,49+,50-/m0/s1. The van der Waals surface area contributed by atoms with Gasteiger partial charge in [0.05, 0.1) is 17.9 Å². The van der Waals surface area contributed by atoms with Crippen molar-refractivity contribution < 1.29 is 42.2 Å². The van der Waals surface area contributed by atoms with Gasteiger partial charge < -0.3 is 28.4 Å². The minimum Gasteiger partial charge on any atom is -0.457 e. The number of ether oxygens (including phenoxy) is 3. The van der Waals surface area contributed by atoms with Gasteiger partial charge in [-0.05, 0) is 129 Å². The Bertz CT molecular complexity index is 2260. The highest BCUT2D eigenvalue weighted by Gasteiger charge is 2.72. The third-order valence-corrected chi connectivity index (χ3v) is 17.3. The molecule has 5 aliphatic carbocycles. The lowest BCUT2D eigenvalue weighted by Gasteiger charge is -2.70. The van der Waals surface area contributed by atoms with Gasteiger partial charge in [-0.15, -0.1) is 0 Å². The molecule has 1 N–H and O–H groups in total. The average molecular weight is 836 g/mol. The minimum atomic E-state index is -1.25. The monoisotopic (exact) mass is 835 g/mol. The highest BCUT2D eigenvalue weighted by Crippen LogP contribution is 2.75. The van der Waals surface area contributed by atoms with Crippen molar-refractivity contribution in [1.82, 2.24) is 5.32 Å². The van der Waals surface area contributed by atoms with Crippen molar-refractivity contribution in [2.75, 3.05) is 7.11 Å². The van der Waals surface area contributed by atoms with Crippen LogP contribution in [-0.4, -0.2) is 37.0 Å². The number of nitrogens with one attached hydrogen (secondary N) is 1. The Morgan fingerprint density at radius 1 is 0.803 bits per heavy atom. The van der Waals surface area contributed by atoms with Gasteiger partial charge in [0, 0.05) is 12.0 Å². The van der Waals surface area contributed by atoms with E-state index in [1.54, 1.807) is 6.92 Å². The molecule has 0 spiro atoms. The number of hydrogen-bond donors (Lipinski definition) is 1. The quantitative estimate of drug-likeness (QED) is 0.172. The fraction of sp³-hybridized carbons (Fsp3) is 0.580. The normalized spacial score (nSPS) is 36.6. The Morgan fingerprint density at radius 2 is 1.44 bits per heavy atom. The smallest absolute Gasteiger partial charge is 0.457 e. The molecule has 11 nitrogen and oxygen atoms in total. The van der Waals surface area contributed by atoms with E-state index in [0.717, 1.165) is 36.0 Å². The third-order valence-electron chi connectivity index (χ3n) is 17.3. The molecule has 1 amide bonds. The van der Waals surface area contributed by atoms with Gasteiger partial charge >= 0.3 is 23.9 Å². The van der Waals surface area contributed by atoms with E-state index in [4.69, 9.17) is 23.0 Å². The van der Waals surface area contributed by atoms with Gasteiger partial charge in [-0.2, -0.15) is 0 Å². The molecular weight excluding hydrogens is 775 g/mol. The number of benzene rings is 2. The van der Waals surface area contributed by atoms with Gasteiger partial charge in [0.2, 0.25) is 0 Å². The number of alkyl carbamates (subject to hydrolysis) is 1. The molecule has 3 aromatic rings. The van der Waals surface area contributed by atoms with Crippen molar-refractivity contribution in [2.24, 2.45) is 50.2 Å². The number of carbonyl (C=O) groups excluding carboxylic acids is 4. The van der Waals surface area contributed by atoms with E-state index in [-0.39, 0.29) is 52.5 Å². The number of amides is 1. The number of allylic oxidation sites excluding steroid dienone is 2. The topological polar surface area (TPSA) is 151 Å². The molecule has 2 unspecified atom stereocenters. The molecule has 4 fully saturated rings. The van der Waals surface area contributed by atoms with E-state index in [0.29, 0.717) is 38.5 Å².